The Morgan fingerprint density at radius 3 is 2.71 bits per heavy atom. The fraction of sp³-hybridized carbons (Fsp3) is 0.0952. The molecule has 5 aromatic rings. The number of hydrogen-bond acceptors (Lipinski definition) is 7. The van der Waals surface area contributed by atoms with Crippen LogP contribution >= 0.6 is 11.3 Å². The van der Waals surface area contributed by atoms with E-state index < -0.39 is 0 Å². The molecule has 154 valence electrons. The number of aryl methyl sites for hydroxylation is 1. The molecular formula is C21H16FN7OS. The Kier molecular flexibility index (Phi) is 4.55. The molecule has 4 aromatic heterocycles. The topological polar surface area (TPSA) is 104 Å². The van der Waals surface area contributed by atoms with E-state index in [1.807, 2.05) is 5.38 Å². The first kappa shape index (κ1) is 19.1. The number of nitrogen functional groups attached to an aromatic ring is 1. The largest absolute Gasteiger partial charge is 0.368 e. The lowest BCUT2D eigenvalue weighted by atomic mass is 10.0. The normalized spacial score (nSPS) is 11.3. The Hall–Kier alpha value is -3.92. The summed E-state index contributed by atoms with van der Waals surface area (Å²) in [6.45, 7) is 0. The van der Waals surface area contributed by atoms with Gasteiger partial charge in [0, 0.05) is 24.2 Å². The number of pyridine rings is 1. The number of aromatic nitrogens is 6. The third kappa shape index (κ3) is 3.36. The van der Waals surface area contributed by atoms with Crippen LogP contribution < -0.4 is 11.3 Å². The lowest BCUT2D eigenvalue weighted by Crippen LogP contribution is -2.18. The summed E-state index contributed by atoms with van der Waals surface area (Å²) >= 11 is 1.49. The molecule has 0 spiro atoms. The van der Waals surface area contributed by atoms with Gasteiger partial charge in [-0.05, 0) is 36.4 Å². The Labute approximate surface area is 179 Å². The second kappa shape index (κ2) is 7.40. The minimum Gasteiger partial charge on any atom is -0.368 e. The number of thiazole rings is 1. The average Bonchev–Trinajstić information content (AvgIpc) is 3.42. The van der Waals surface area contributed by atoms with Crippen LogP contribution in [0.2, 0.25) is 0 Å². The Bertz CT molecular complexity index is 1460. The summed E-state index contributed by atoms with van der Waals surface area (Å²) < 4.78 is 16.4. The predicted molar refractivity (Wildman–Crippen MR) is 116 cm³/mol. The summed E-state index contributed by atoms with van der Waals surface area (Å²) in [5, 5.41) is 6.41. The molecule has 10 heteroatoms. The van der Waals surface area contributed by atoms with Gasteiger partial charge in [-0.3, -0.25) is 4.79 Å². The van der Waals surface area contributed by atoms with Crippen molar-refractivity contribution in [3.63, 3.8) is 0 Å². The molecule has 0 aliphatic rings. The fourth-order valence-electron chi connectivity index (χ4n) is 3.41. The van der Waals surface area contributed by atoms with E-state index in [1.165, 1.54) is 32.6 Å². The van der Waals surface area contributed by atoms with Gasteiger partial charge >= 0.3 is 0 Å². The number of fused-ring (bicyclic) bond motifs is 1. The monoisotopic (exact) mass is 433 g/mol. The smallest absolute Gasteiger partial charge is 0.258 e. The van der Waals surface area contributed by atoms with Gasteiger partial charge in [-0.1, -0.05) is 0 Å². The highest BCUT2D eigenvalue weighted by Crippen LogP contribution is 2.33. The summed E-state index contributed by atoms with van der Waals surface area (Å²) in [7, 11) is 1.67. The van der Waals surface area contributed by atoms with Crippen LogP contribution in [-0.4, -0.2) is 29.1 Å². The van der Waals surface area contributed by atoms with Crippen molar-refractivity contribution in [1.82, 2.24) is 29.1 Å². The van der Waals surface area contributed by atoms with Gasteiger partial charge in [0.2, 0.25) is 5.95 Å². The lowest BCUT2D eigenvalue weighted by molar-refractivity contribution is 0.628. The molecule has 0 radical (unpaired) electrons. The number of benzene rings is 1. The van der Waals surface area contributed by atoms with Crippen LogP contribution in [0.3, 0.4) is 0 Å². The Morgan fingerprint density at radius 1 is 1.16 bits per heavy atom. The predicted octanol–water partition coefficient (Wildman–Crippen LogP) is 2.93. The maximum Gasteiger partial charge on any atom is 0.258 e. The van der Waals surface area contributed by atoms with Gasteiger partial charge in [0.1, 0.15) is 5.82 Å². The van der Waals surface area contributed by atoms with Gasteiger partial charge < -0.3 is 10.3 Å². The molecule has 5 rings (SSSR count). The van der Waals surface area contributed by atoms with Gasteiger partial charge in [0.15, 0.2) is 11.5 Å². The molecule has 0 aliphatic heterocycles. The molecular weight excluding hydrogens is 417 g/mol. The van der Waals surface area contributed by atoms with Crippen LogP contribution in [0.15, 0.2) is 58.3 Å². The summed E-state index contributed by atoms with van der Waals surface area (Å²) in [5.74, 6) is 0.246. The number of rotatable bonds is 4. The number of nitrogens with two attached hydrogens (primary N) is 1. The molecule has 4 heterocycles. The Balaban J connectivity index is 1.82. The fourth-order valence-corrected chi connectivity index (χ4v) is 3.97. The van der Waals surface area contributed by atoms with Crippen molar-refractivity contribution in [2.75, 3.05) is 5.73 Å². The van der Waals surface area contributed by atoms with Crippen LogP contribution in [0, 0.1) is 5.82 Å². The number of nitrogens with zero attached hydrogens (tertiary/aromatic N) is 6. The second-order valence-electron chi connectivity index (χ2n) is 6.96. The highest BCUT2D eigenvalue weighted by atomic mass is 32.1. The van der Waals surface area contributed by atoms with E-state index in [4.69, 9.17) is 5.73 Å². The first-order valence-electron chi connectivity index (χ1n) is 9.35. The van der Waals surface area contributed by atoms with Crippen molar-refractivity contribution < 1.29 is 4.39 Å². The maximum atomic E-state index is 13.5. The van der Waals surface area contributed by atoms with Crippen LogP contribution in [0.1, 0.15) is 11.5 Å². The van der Waals surface area contributed by atoms with E-state index in [9.17, 15) is 9.18 Å². The van der Waals surface area contributed by atoms with Crippen molar-refractivity contribution in [3.05, 3.63) is 81.2 Å². The number of hydrogen-bond donors (Lipinski definition) is 1. The molecule has 0 bridgehead atoms. The summed E-state index contributed by atoms with van der Waals surface area (Å²) in [6, 6.07) is 9.33. The van der Waals surface area contributed by atoms with Crippen molar-refractivity contribution >= 4 is 22.9 Å². The van der Waals surface area contributed by atoms with Crippen LogP contribution in [0.25, 0.3) is 28.0 Å². The molecule has 0 saturated carbocycles. The molecule has 0 saturated heterocycles. The molecule has 0 fully saturated rings. The Morgan fingerprint density at radius 2 is 1.97 bits per heavy atom. The number of anilines is 1. The summed E-state index contributed by atoms with van der Waals surface area (Å²) in [6.07, 6.45) is 2.09. The lowest BCUT2D eigenvalue weighted by Gasteiger charge is -2.12. The molecule has 2 N–H and O–H groups in total. The van der Waals surface area contributed by atoms with Gasteiger partial charge in [0.05, 0.1) is 34.4 Å². The summed E-state index contributed by atoms with van der Waals surface area (Å²) in [4.78, 5) is 26.4. The zero-order chi connectivity index (χ0) is 21.5. The average molecular weight is 433 g/mol. The minimum absolute atomic E-state index is 0.114. The van der Waals surface area contributed by atoms with E-state index >= 15 is 0 Å². The van der Waals surface area contributed by atoms with Crippen LogP contribution in [-0.2, 0) is 13.5 Å². The third-order valence-electron chi connectivity index (χ3n) is 4.89. The van der Waals surface area contributed by atoms with E-state index in [0.717, 1.165) is 5.69 Å². The van der Waals surface area contributed by atoms with Crippen molar-refractivity contribution in [3.8, 4) is 22.4 Å². The van der Waals surface area contributed by atoms with Crippen molar-refractivity contribution in [2.24, 2.45) is 7.05 Å². The first-order valence-corrected chi connectivity index (χ1v) is 10.3. The highest BCUT2D eigenvalue weighted by molar-refractivity contribution is 7.07. The maximum absolute atomic E-state index is 13.5. The molecule has 0 aliphatic carbocycles. The van der Waals surface area contributed by atoms with Gasteiger partial charge in [-0.2, -0.15) is 4.52 Å². The molecule has 31 heavy (non-hydrogen) atoms. The van der Waals surface area contributed by atoms with E-state index in [2.05, 4.69) is 20.1 Å². The van der Waals surface area contributed by atoms with E-state index in [1.54, 1.807) is 43.0 Å². The van der Waals surface area contributed by atoms with Crippen LogP contribution in [0.4, 0.5) is 10.3 Å². The summed E-state index contributed by atoms with van der Waals surface area (Å²) in [5.41, 5.74) is 10.9. The van der Waals surface area contributed by atoms with Crippen LogP contribution in [0.5, 0.6) is 0 Å². The minimum atomic E-state index is -0.372. The highest BCUT2D eigenvalue weighted by Gasteiger charge is 2.22. The molecule has 1 aromatic carbocycles. The van der Waals surface area contributed by atoms with Crippen molar-refractivity contribution in [1.29, 1.82) is 0 Å². The SMILES string of the molecule is Cn1cccc(-c2c(-c3ccc(F)cc3)nc(N)n3nc(Cc4cscn4)nc23)c1=O. The standard InChI is InChI=1S/C21H16FN7OS/c1-28-8-2-3-15(20(28)30)17-18(12-4-6-13(22)7-5-12)26-21(23)29-19(17)25-16(27-29)9-14-10-31-11-24-14/h2-8,10-11H,9H2,1H3,(H2,23,26). The van der Waals surface area contributed by atoms with Crippen molar-refractivity contribution in [2.45, 2.75) is 6.42 Å². The van der Waals surface area contributed by atoms with Gasteiger partial charge in [-0.15, -0.1) is 16.4 Å². The van der Waals surface area contributed by atoms with Gasteiger partial charge in [0.25, 0.3) is 5.56 Å². The molecule has 0 atom stereocenters. The third-order valence-corrected chi connectivity index (χ3v) is 5.52. The van der Waals surface area contributed by atoms with Gasteiger partial charge in [-0.25, -0.2) is 19.3 Å². The second-order valence-corrected chi connectivity index (χ2v) is 7.68. The molecule has 0 unspecified atom stereocenters. The van der Waals surface area contributed by atoms with E-state index in [-0.39, 0.29) is 17.3 Å². The molecule has 8 nitrogen and oxygen atoms in total. The number of halogens is 1. The zero-order valence-corrected chi connectivity index (χ0v) is 17.2. The quantitative estimate of drug-likeness (QED) is 0.467. The van der Waals surface area contributed by atoms with E-state index in [0.29, 0.717) is 40.3 Å². The first-order chi connectivity index (χ1) is 15.0. The molecule has 0 amide bonds. The zero-order valence-electron chi connectivity index (χ0n) is 16.4.